The Morgan fingerprint density at radius 3 is 2.45 bits per heavy atom. The van der Waals surface area contributed by atoms with Gasteiger partial charge in [0.15, 0.2) is 0 Å². The van der Waals surface area contributed by atoms with E-state index in [2.05, 4.69) is 0 Å². The van der Waals surface area contributed by atoms with E-state index in [9.17, 15) is 8.42 Å². The molecule has 1 heterocycles. The van der Waals surface area contributed by atoms with Gasteiger partial charge in [-0.1, -0.05) is 6.07 Å². The molecule has 1 aromatic heterocycles. The Hall–Kier alpha value is 0.190. The lowest BCUT2D eigenvalue weighted by Gasteiger charge is -2.01. The summed E-state index contributed by atoms with van der Waals surface area (Å²) < 4.78 is 22.4. The van der Waals surface area contributed by atoms with Gasteiger partial charge in [0.1, 0.15) is 4.21 Å². The van der Waals surface area contributed by atoms with Crippen LogP contribution in [0.1, 0.15) is 0 Å². The van der Waals surface area contributed by atoms with E-state index in [0.29, 0.717) is 0 Å². The predicted molar refractivity (Wildman–Crippen MR) is 45.0 cm³/mol. The number of sulfonamides is 1. The molecule has 0 saturated heterocycles. The summed E-state index contributed by atoms with van der Waals surface area (Å²) in [6.07, 6.45) is 0. The second kappa shape index (κ2) is 3.28. The fourth-order valence-electron chi connectivity index (χ4n) is 0.478. The van der Waals surface area contributed by atoms with Gasteiger partial charge >= 0.3 is 0 Å². The first-order valence-electron chi connectivity index (χ1n) is 2.45. The van der Waals surface area contributed by atoms with Crippen molar-refractivity contribution in [2.24, 2.45) is 0 Å². The molecule has 0 aliphatic carbocycles. The van der Waals surface area contributed by atoms with Crippen molar-refractivity contribution in [2.75, 3.05) is 0 Å². The molecule has 0 saturated carbocycles. The predicted octanol–water partition coefficient (Wildman–Crippen LogP) is 2.05. The summed E-state index contributed by atoms with van der Waals surface area (Å²) in [6, 6.07) is 3.03. The van der Waals surface area contributed by atoms with E-state index in [-0.39, 0.29) is 7.55 Å². The van der Waals surface area contributed by atoms with Crippen molar-refractivity contribution in [3.63, 3.8) is 0 Å². The Labute approximate surface area is 78.4 Å². The van der Waals surface area contributed by atoms with Crippen LogP contribution in [0.5, 0.6) is 0 Å². The van der Waals surface area contributed by atoms with E-state index >= 15 is 0 Å². The fraction of sp³-hybridized carbons (Fsp3) is 0. The maximum Gasteiger partial charge on any atom is 0.279 e. The highest BCUT2D eigenvalue weighted by Gasteiger charge is 2.21. The van der Waals surface area contributed by atoms with Crippen LogP contribution in [0.15, 0.2) is 21.7 Å². The van der Waals surface area contributed by atoms with E-state index in [1.807, 2.05) is 0 Å². The number of rotatable bonds is 2. The molecule has 0 bridgehead atoms. The average molecular weight is 232 g/mol. The molecular formula is C4H3Cl2NO2S2. The highest BCUT2D eigenvalue weighted by atomic mass is 35.5. The molecule has 0 amide bonds. The topological polar surface area (TPSA) is 37.4 Å². The number of halogens is 2. The average Bonchev–Trinajstić information content (AvgIpc) is 2.37. The van der Waals surface area contributed by atoms with E-state index in [1.165, 1.54) is 6.07 Å². The lowest BCUT2D eigenvalue weighted by atomic mass is 10.7. The maximum absolute atomic E-state index is 11.1. The molecule has 1 aromatic rings. The van der Waals surface area contributed by atoms with Gasteiger partial charge < -0.3 is 0 Å². The molecular weight excluding hydrogens is 229 g/mol. The van der Waals surface area contributed by atoms with E-state index in [0.717, 1.165) is 11.3 Å². The summed E-state index contributed by atoms with van der Waals surface area (Å²) in [5, 5.41) is 1.63. The van der Waals surface area contributed by atoms with Crippen LogP contribution >= 0.6 is 34.9 Å². The third kappa shape index (κ3) is 1.86. The van der Waals surface area contributed by atoms with E-state index in [1.54, 1.807) is 11.4 Å². The van der Waals surface area contributed by atoms with Crippen molar-refractivity contribution in [1.82, 2.24) is 3.34 Å². The first-order valence-corrected chi connectivity index (χ1v) is 5.45. The summed E-state index contributed by atoms with van der Waals surface area (Å²) in [7, 11) is -3.65. The van der Waals surface area contributed by atoms with Crippen molar-refractivity contribution in [2.45, 2.75) is 4.21 Å². The summed E-state index contributed by atoms with van der Waals surface area (Å²) in [5.74, 6) is 0. The molecule has 0 unspecified atom stereocenters. The minimum absolute atomic E-state index is 0.127. The van der Waals surface area contributed by atoms with Gasteiger partial charge in [0.25, 0.3) is 10.0 Å². The molecule has 11 heavy (non-hydrogen) atoms. The number of hydrogen-bond acceptors (Lipinski definition) is 3. The maximum atomic E-state index is 11.1. The Kier molecular flexibility index (Phi) is 2.77. The molecule has 3 nitrogen and oxygen atoms in total. The zero-order valence-corrected chi connectivity index (χ0v) is 8.21. The summed E-state index contributed by atoms with van der Waals surface area (Å²) >= 11 is 11.2. The molecule has 62 valence electrons. The van der Waals surface area contributed by atoms with Crippen LogP contribution in [0.3, 0.4) is 0 Å². The van der Waals surface area contributed by atoms with Gasteiger partial charge in [-0.2, -0.15) is 0 Å². The standard InChI is InChI=1S/C4H3Cl2NO2S2/c5-7(6)11(8,9)4-2-1-3-10-4/h1-3H. The highest BCUT2D eigenvalue weighted by Crippen LogP contribution is 2.23. The van der Waals surface area contributed by atoms with Crippen LogP contribution in [-0.4, -0.2) is 11.8 Å². The van der Waals surface area contributed by atoms with Crippen molar-refractivity contribution >= 4 is 44.9 Å². The zero-order valence-electron chi connectivity index (χ0n) is 5.07. The first kappa shape index (κ1) is 9.28. The lowest BCUT2D eigenvalue weighted by molar-refractivity contribution is 0.582. The molecule has 0 radical (unpaired) electrons. The highest BCUT2D eigenvalue weighted by molar-refractivity contribution is 7.93. The molecule has 0 aliphatic heterocycles. The second-order valence-electron chi connectivity index (χ2n) is 1.61. The Bertz CT molecular complexity index is 318. The van der Waals surface area contributed by atoms with Crippen molar-refractivity contribution in [1.29, 1.82) is 0 Å². The quantitative estimate of drug-likeness (QED) is 0.731. The van der Waals surface area contributed by atoms with Gasteiger partial charge in [-0.15, -0.1) is 11.3 Å². The molecule has 7 heteroatoms. The second-order valence-corrected chi connectivity index (χ2v) is 5.82. The van der Waals surface area contributed by atoms with Gasteiger partial charge in [-0.3, -0.25) is 0 Å². The molecule has 0 aliphatic rings. The van der Waals surface area contributed by atoms with Gasteiger partial charge in [0, 0.05) is 23.6 Å². The van der Waals surface area contributed by atoms with Gasteiger partial charge in [0.2, 0.25) is 0 Å². The minimum Gasteiger partial charge on any atom is -0.204 e. The Morgan fingerprint density at radius 2 is 2.09 bits per heavy atom. The molecule has 0 aromatic carbocycles. The fourth-order valence-corrected chi connectivity index (χ4v) is 2.88. The van der Waals surface area contributed by atoms with Crippen LogP contribution in [0, 0.1) is 0 Å². The van der Waals surface area contributed by atoms with E-state index in [4.69, 9.17) is 23.6 Å². The number of thiophene rings is 1. The van der Waals surface area contributed by atoms with Crippen molar-refractivity contribution in [3.8, 4) is 0 Å². The van der Waals surface area contributed by atoms with Crippen LogP contribution in [0.25, 0.3) is 0 Å². The van der Waals surface area contributed by atoms with Gasteiger partial charge in [0.05, 0.1) is 0 Å². The lowest BCUT2D eigenvalue weighted by Crippen LogP contribution is -2.10. The van der Waals surface area contributed by atoms with Crippen LogP contribution in [0.2, 0.25) is 0 Å². The molecule has 0 spiro atoms. The van der Waals surface area contributed by atoms with Crippen LogP contribution < -0.4 is 0 Å². The largest absolute Gasteiger partial charge is 0.279 e. The Balaban J connectivity index is 3.12. The minimum atomic E-state index is -3.65. The molecule has 0 atom stereocenters. The van der Waals surface area contributed by atoms with Crippen molar-refractivity contribution < 1.29 is 8.42 Å². The zero-order chi connectivity index (χ0) is 8.48. The van der Waals surface area contributed by atoms with E-state index < -0.39 is 10.0 Å². The third-order valence-corrected chi connectivity index (χ3v) is 4.61. The summed E-state index contributed by atoms with van der Waals surface area (Å²) in [6.45, 7) is 0. The number of hydrogen-bond donors (Lipinski definition) is 0. The third-order valence-electron chi connectivity index (χ3n) is 0.931. The van der Waals surface area contributed by atoms with Gasteiger partial charge in [-0.25, -0.2) is 8.42 Å². The van der Waals surface area contributed by atoms with Crippen molar-refractivity contribution in [3.05, 3.63) is 17.5 Å². The monoisotopic (exact) mass is 231 g/mol. The Morgan fingerprint density at radius 1 is 1.45 bits per heavy atom. The van der Waals surface area contributed by atoms with Gasteiger partial charge in [-0.05, 0) is 14.8 Å². The number of nitrogens with zero attached hydrogens (tertiary/aromatic N) is 1. The summed E-state index contributed by atoms with van der Waals surface area (Å²) in [4.78, 5) is 0. The normalized spacial score (nSPS) is 12.3. The smallest absolute Gasteiger partial charge is 0.204 e. The van der Waals surface area contributed by atoms with Crippen LogP contribution in [0.4, 0.5) is 0 Å². The molecule has 0 fully saturated rings. The molecule has 0 N–H and O–H groups in total. The SMILES string of the molecule is O=S(=O)(c1cccs1)N(Cl)Cl. The van der Waals surface area contributed by atoms with Crippen LogP contribution in [-0.2, 0) is 10.0 Å². The summed E-state index contributed by atoms with van der Waals surface area (Å²) in [5.41, 5.74) is 0. The first-order chi connectivity index (χ1) is 5.05. The molecule has 1 rings (SSSR count).